The van der Waals surface area contributed by atoms with Crippen molar-refractivity contribution in [3.63, 3.8) is 0 Å². The number of benzene rings is 2. The van der Waals surface area contributed by atoms with Gasteiger partial charge in [0.25, 0.3) is 0 Å². The van der Waals surface area contributed by atoms with Crippen molar-refractivity contribution in [3.8, 4) is 17.2 Å². The average molecular weight is 367 g/mol. The molecule has 0 saturated carbocycles. The van der Waals surface area contributed by atoms with Crippen molar-refractivity contribution in [1.82, 2.24) is 0 Å². The predicted molar refractivity (Wildman–Crippen MR) is 87.1 cm³/mol. The maximum Gasteiger partial charge on any atom is 0.387 e. The summed E-state index contributed by atoms with van der Waals surface area (Å²) in [6.07, 6.45) is -1.04. The van der Waals surface area contributed by atoms with Gasteiger partial charge in [0, 0.05) is 5.56 Å². The summed E-state index contributed by atoms with van der Waals surface area (Å²) in [5, 5.41) is 11.1. The quantitative estimate of drug-likeness (QED) is 0.400. The van der Waals surface area contributed by atoms with E-state index >= 15 is 0 Å². The van der Waals surface area contributed by atoms with Gasteiger partial charge in [-0.1, -0.05) is 0 Å². The molecule has 7 nitrogen and oxygen atoms in total. The molecular weight excluding hydrogens is 352 g/mol. The third-order valence-electron chi connectivity index (χ3n) is 3.40. The van der Waals surface area contributed by atoms with Crippen molar-refractivity contribution in [2.45, 2.75) is 19.6 Å². The first kappa shape index (κ1) is 19.1. The van der Waals surface area contributed by atoms with Crippen molar-refractivity contribution in [3.05, 3.63) is 58.1 Å². The molecule has 2 aromatic carbocycles. The number of ketones is 1. The predicted octanol–water partition coefficient (Wildman–Crippen LogP) is 3.86. The lowest BCUT2D eigenvalue weighted by Gasteiger charge is -2.14. The van der Waals surface area contributed by atoms with Gasteiger partial charge < -0.3 is 14.2 Å². The van der Waals surface area contributed by atoms with E-state index in [0.29, 0.717) is 0 Å². The van der Waals surface area contributed by atoms with Gasteiger partial charge in [-0.05, 0) is 43.3 Å². The van der Waals surface area contributed by atoms with Crippen molar-refractivity contribution < 1.29 is 32.7 Å². The lowest BCUT2D eigenvalue weighted by atomic mass is 10.1. The smallest absolute Gasteiger partial charge is 0.387 e. The molecule has 0 fully saturated rings. The topological polar surface area (TPSA) is 87.9 Å². The third-order valence-corrected chi connectivity index (χ3v) is 3.40. The highest BCUT2D eigenvalue weighted by atomic mass is 19.3. The second-order valence-electron chi connectivity index (χ2n) is 5.12. The molecule has 0 bridgehead atoms. The highest BCUT2D eigenvalue weighted by Crippen LogP contribution is 2.32. The SMILES string of the molecule is COc1ccc(O[C@H](C)C(=O)c2ccc(OC(F)F)cc2)c([N+](=O)[O-])c1. The monoisotopic (exact) mass is 367 g/mol. The minimum atomic E-state index is -2.96. The van der Waals surface area contributed by atoms with Gasteiger partial charge in [0.05, 0.1) is 18.1 Å². The van der Waals surface area contributed by atoms with Crippen molar-refractivity contribution in [1.29, 1.82) is 0 Å². The van der Waals surface area contributed by atoms with Crippen molar-refractivity contribution in [2.75, 3.05) is 7.11 Å². The van der Waals surface area contributed by atoms with Gasteiger partial charge in [-0.25, -0.2) is 0 Å². The van der Waals surface area contributed by atoms with E-state index in [0.717, 1.165) is 0 Å². The van der Waals surface area contributed by atoms with Crippen LogP contribution < -0.4 is 14.2 Å². The van der Waals surface area contributed by atoms with Gasteiger partial charge >= 0.3 is 12.3 Å². The summed E-state index contributed by atoms with van der Waals surface area (Å²) >= 11 is 0. The normalized spacial score (nSPS) is 11.7. The molecule has 0 aromatic heterocycles. The number of nitro benzene ring substituents is 1. The number of ether oxygens (including phenoxy) is 3. The van der Waals surface area contributed by atoms with Gasteiger partial charge in [-0.2, -0.15) is 8.78 Å². The number of hydrogen-bond acceptors (Lipinski definition) is 6. The number of nitrogens with zero attached hydrogens (tertiary/aromatic N) is 1. The fourth-order valence-electron chi connectivity index (χ4n) is 2.15. The Morgan fingerprint density at radius 2 is 1.69 bits per heavy atom. The Morgan fingerprint density at radius 1 is 1.08 bits per heavy atom. The molecule has 0 aliphatic heterocycles. The summed E-state index contributed by atoms with van der Waals surface area (Å²) in [4.78, 5) is 22.9. The van der Waals surface area contributed by atoms with Crippen molar-refractivity contribution >= 4 is 11.5 Å². The standard InChI is InChI=1S/C17H15F2NO6/c1-10(16(21)11-3-5-12(6-4-11)26-17(18)19)25-15-8-7-13(24-2)9-14(15)20(22)23/h3-10,17H,1-2H3/t10-/m1/s1. The Morgan fingerprint density at radius 3 is 2.23 bits per heavy atom. The van der Waals surface area contributed by atoms with Gasteiger partial charge in [-0.15, -0.1) is 0 Å². The Kier molecular flexibility index (Phi) is 6.05. The highest BCUT2D eigenvalue weighted by Gasteiger charge is 2.23. The Balaban J connectivity index is 2.15. The van der Waals surface area contributed by atoms with Gasteiger partial charge in [0.1, 0.15) is 11.5 Å². The fraction of sp³-hybridized carbons (Fsp3) is 0.235. The van der Waals surface area contributed by atoms with Crippen LogP contribution in [0.5, 0.6) is 17.2 Å². The molecule has 0 radical (unpaired) electrons. The summed E-state index contributed by atoms with van der Waals surface area (Å²) in [7, 11) is 1.37. The van der Waals surface area contributed by atoms with E-state index in [2.05, 4.69) is 4.74 Å². The zero-order valence-corrected chi connectivity index (χ0v) is 13.8. The van der Waals surface area contributed by atoms with E-state index in [9.17, 15) is 23.7 Å². The molecule has 26 heavy (non-hydrogen) atoms. The largest absolute Gasteiger partial charge is 0.496 e. The van der Waals surface area contributed by atoms with E-state index in [-0.39, 0.29) is 28.5 Å². The van der Waals surface area contributed by atoms with Crippen LogP contribution in [0.25, 0.3) is 0 Å². The summed E-state index contributed by atoms with van der Waals surface area (Å²) in [5.74, 6) is -0.374. The van der Waals surface area contributed by atoms with E-state index in [4.69, 9.17) is 9.47 Å². The zero-order chi connectivity index (χ0) is 19.3. The van der Waals surface area contributed by atoms with Crippen molar-refractivity contribution in [2.24, 2.45) is 0 Å². The second kappa shape index (κ2) is 8.24. The van der Waals surface area contributed by atoms with E-state index in [1.54, 1.807) is 0 Å². The molecule has 9 heteroatoms. The summed E-state index contributed by atoms with van der Waals surface area (Å²) in [5.41, 5.74) is -0.153. The Labute approximate surface area is 147 Å². The van der Waals surface area contributed by atoms with E-state index < -0.39 is 23.4 Å². The average Bonchev–Trinajstić information content (AvgIpc) is 2.61. The van der Waals surface area contributed by atoms with Crippen LogP contribution in [0.4, 0.5) is 14.5 Å². The van der Waals surface area contributed by atoms with Crippen LogP contribution in [0.2, 0.25) is 0 Å². The molecule has 2 aromatic rings. The minimum Gasteiger partial charge on any atom is -0.496 e. The van der Waals surface area contributed by atoms with Crippen LogP contribution in [-0.2, 0) is 0 Å². The molecule has 1 atom stereocenters. The number of halogens is 2. The Hall–Kier alpha value is -3.23. The molecule has 0 saturated heterocycles. The van der Waals surface area contributed by atoms with Gasteiger partial charge in [0.2, 0.25) is 5.78 Å². The minimum absolute atomic E-state index is 0.0871. The molecule has 0 aliphatic rings. The second-order valence-corrected chi connectivity index (χ2v) is 5.12. The van der Waals surface area contributed by atoms with Gasteiger partial charge in [-0.3, -0.25) is 14.9 Å². The summed E-state index contributed by atoms with van der Waals surface area (Å²) in [6.45, 7) is -1.53. The molecule has 138 valence electrons. The van der Waals surface area contributed by atoms with Crippen LogP contribution in [0, 0.1) is 10.1 Å². The molecule has 2 rings (SSSR count). The molecule has 0 N–H and O–H groups in total. The summed E-state index contributed by atoms with van der Waals surface area (Å²) < 4.78 is 38.8. The number of Topliss-reactive ketones (excluding diaryl/α,β-unsaturated/α-hetero) is 1. The molecule has 0 aliphatic carbocycles. The number of carbonyl (C=O) groups is 1. The molecule has 0 spiro atoms. The van der Waals surface area contributed by atoms with Crippen LogP contribution in [0.15, 0.2) is 42.5 Å². The first-order valence-electron chi connectivity index (χ1n) is 7.40. The molecule has 0 heterocycles. The zero-order valence-electron chi connectivity index (χ0n) is 13.8. The lowest BCUT2D eigenvalue weighted by molar-refractivity contribution is -0.386. The van der Waals surface area contributed by atoms with Crippen LogP contribution >= 0.6 is 0 Å². The molecular formula is C17H15F2NO6. The van der Waals surface area contributed by atoms with E-state index in [1.165, 1.54) is 56.5 Å². The van der Waals surface area contributed by atoms with Crippen LogP contribution in [0.1, 0.15) is 17.3 Å². The van der Waals surface area contributed by atoms with Crippen LogP contribution in [0.3, 0.4) is 0 Å². The number of carbonyl (C=O) groups excluding carboxylic acids is 1. The lowest BCUT2D eigenvalue weighted by Crippen LogP contribution is -2.24. The van der Waals surface area contributed by atoms with Gasteiger partial charge in [0.15, 0.2) is 11.9 Å². The maximum absolute atomic E-state index is 12.4. The fourth-order valence-corrected chi connectivity index (χ4v) is 2.15. The first-order chi connectivity index (χ1) is 12.3. The van der Waals surface area contributed by atoms with E-state index in [1.807, 2.05) is 0 Å². The highest BCUT2D eigenvalue weighted by molar-refractivity contribution is 5.99. The maximum atomic E-state index is 12.4. The Bertz CT molecular complexity index is 794. The first-order valence-corrected chi connectivity index (χ1v) is 7.40. The number of alkyl halides is 2. The number of methoxy groups -OCH3 is 1. The molecule has 0 amide bonds. The number of rotatable bonds is 8. The van der Waals surface area contributed by atoms with Crippen LogP contribution in [-0.4, -0.2) is 30.5 Å². The molecule has 0 unspecified atom stereocenters. The summed E-state index contributed by atoms with van der Waals surface area (Å²) in [6, 6.07) is 9.05. The number of hydrogen-bond donors (Lipinski definition) is 0. The number of nitro groups is 1. The third kappa shape index (κ3) is 4.65.